The van der Waals surface area contributed by atoms with Gasteiger partial charge in [0.25, 0.3) is 0 Å². The zero-order valence-electron chi connectivity index (χ0n) is 5.65. The number of halogens is 3. The second-order valence-electron chi connectivity index (χ2n) is 2.04. The Kier molecular flexibility index (Phi) is 3.71. The molecule has 0 amide bonds. The first-order chi connectivity index (χ1) is 5.24. The van der Waals surface area contributed by atoms with E-state index in [1.54, 1.807) is 6.20 Å². The van der Waals surface area contributed by atoms with Crippen LogP contribution in [-0.4, -0.2) is 10.3 Å². The van der Waals surface area contributed by atoms with Gasteiger partial charge in [0.05, 0.1) is 0 Å². The minimum atomic E-state index is -0.410. The lowest BCUT2D eigenvalue weighted by molar-refractivity contribution is 0.581. The SMILES string of the molecule is Fc1cc(I)c(CCBr)cn1. The van der Waals surface area contributed by atoms with E-state index in [0.717, 1.165) is 20.9 Å². The molecule has 1 aromatic rings. The van der Waals surface area contributed by atoms with E-state index in [2.05, 4.69) is 43.5 Å². The summed E-state index contributed by atoms with van der Waals surface area (Å²) in [6, 6.07) is 1.44. The maximum absolute atomic E-state index is 12.5. The van der Waals surface area contributed by atoms with E-state index in [1.165, 1.54) is 6.07 Å². The van der Waals surface area contributed by atoms with Crippen LogP contribution in [0.15, 0.2) is 12.3 Å². The predicted octanol–water partition coefficient (Wildman–Crippen LogP) is 2.76. The highest BCUT2D eigenvalue weighted by Gasteiger charge is 2.00. The zero-order chi connectivity index (χ0) is 8.27. The second-order valence-corrected chi connectivity index (χ2v) is 3.99. The molecule has 0 N–H and O–H groups in total. The maximum Gasteiger partial charge on any atom is 0.213 e. The summed E-state index contributed by atoms with van der Waals surface area (Å²) in [4.78, 5) is 3.57. The first-order valence-corrected chi connectivity index (χ1v) is 5.30. The Labute approximate surface area is 86.7 Å². The quantitative estimate of drug-likeness (QED) is 0.462. The highest BCUT2D eigenvalue weighted by molar-refractivity contribution is 14.1. The van der Waals surface area contributed by atoms with Crippen LogP contribution in [0.3, 0.4) is 0 Å². The van der Waals surface area contributed by atoms with Gasteiger partial charge >= 0.3 is 0 Å². The van der Waals surface area contributed by atoms with Gasteiger partial charge in [-0.25, -0.2) is 4.98 Å². The molecular weight excluding hydrogens is 324 g/mol. The minimum Gasteiger partial charge on any atom is -0.228 e. The minimum absolute atomic E-state index is 0.410. The van der Waals surface area contributed by atoms with Crippen LogP contribution < -0.4 is 0 Å². The molecule has 1 heterocycles. The van der Waals surface area contributed by atoms with E-state index in [0.29, 0.717) is 0 Å². The van der Waals surface area contributed by atoms with Crippen molar-refractivity contribution in [1.82, 2.24) is 4.98 Å². The summed E-state index contributed by atoms with van der Waals surface area (Å²) < 4.78 is 13.4. The van der Waals surface area contributed by atoms with Gasteiger partial charge in [0.15, 0.2) is 0 Å². The van der Waals surface area contributed by atoms with Crippen LogP contribution in [0.2, 0.25) is 0 Å². The monoisotopic (exact) mass is 329 g/mol. The number of aryl methyl sites for hydroxylation is 1. The Balaban J connectivity index is 2.90. The fraction of sp³-hybridized carbons (Fsp3) is 0.286. The summed E-state index contributed by atoms with van der Waals surface area (Å²) in [5.41, 5.74) is 1.09. The lowest BCUT2D eigenvalue weighted by Gasteiger charge is -1.99. The Hall–Kier alpha value is 0.290. The molecule has 0 saturated carbocycles. The third kappa shape index (κ3) is 2.66. The number of aromatic nitrogens is 1. The van der Waals surface area contributed by atoms with Gasteiger partial charge in [0.1, 0.15) is 0 Å². The van der Waals surface area contributed by atoms with Crippen molar-refractivity contribution in [3.05, 3.63) is 27.3 Å². The number of nitrogens with zero attached hydrogens (tertiary/aromatic N) is 1. The smallest absolute Gasteiger partial charge is 0.213 e. The molecule has 0 atom stereocenters. The summed E-state index contributed by atoms with van der Waals surface area (Å²) in [7, 11) is 0. The van der Waals surface area contributed by atoms with E-state index in [1.807, 2.05) is 0 Å². The molecule has 1 rings (SSSR count). The highest BCUT2D eigenvalue weighted by Crippen LogP contribution is 2.12. The van der Waals surface area contributed by atoms with Gasteiger partial charge in [-0.1, -0.05) is 15.9 Å². The van der Waals surface area contributed by atoms with Crippen molar-refractivity contribution >= 4 is 38.5 Å². The Bertz CT molecular complexity index is 254. The van der Waals surface area contributed by atoms with Crippen molar-refractivity contribution in [2.45, 2.75) is 6.42 Å². The van der Waals surface area contributed by atoms with Crippen LogP contribution in [0.1, 0.15) is 5.56 Å². The molecule has 0 radical (unpaired) electrons. The lowest BCUT2D eigenvalue weighted by Crippen LogP contribution is -1.93. The van der Waals surface area contributed by atoms with E-state index in [9.17, 15) is 4.39 Å². The summed E-state index contributed by atoms with van der Waals surface area (Å²) in [6.07, 6.45) is 2.48. The molecule has 0 aliphatic rings. The standard InChI is InChI=1S/C7H6BrFIN/c8-2-1-5-4-11-7(9)3-6(5)10/h3-4H,1-2H2. The lowest BCUT2D eigenvalue weighted by atomic mass is 10.2. The molecular formula is C7H6BrFIN. The molecule has 0 aromatic carbocycles. The van der Waals surface area contributed by atoms with Gasteiger partial charge in [-0.2, -0.15) is 4.39 Å². The predicted molar refractivity (Wildman–Crippen MR) is 54.4 cm³/mol. The highest BCUT2D eigenvalue weighted by atomic mass is 127. The fourth-order valence-electron chi connectivity index (χ4n) is 0.722. The van der Waals surface area contributed by atoms with Gasteiger partial charge in [-0.15, -0.1) is 0 Å². The van der Waals surface area contributed by atoms with Crippen molar-refractivity contribution in [2.24, 2.45) is 0 Å². The van der Waals surface area contributed by atoms with Crippen LogP contribution in [0.25, 0.3) is 0 Å². The number of alkyl halides is 1. The molecule has 0 unspecified atom stereocenters. The second kappa shape index (κ2) is 4.35. The van der Waals surface area contributed by atoms with Crippen molar-refractivity contribution in [3.63, 3.8) is 0 Å². The Morgan fingerprint density at radius 3 is 2.91 bits per heavy atom. The van der Waals surface area contributed by atoms with E-state index in [4.69, 9.17) is 0 Å². The van der Waals surface area contributed by atoms with Gasteiger partial charge in [-0.3, -0.25) is 0 Å². The molecule has 0 aliphatic heterocycles. The molecule has 1 nitrogen and oxygen atoms in total. The molecule has 11 heavy (non-hydrogen) atoms. The van der Waals surface area contributed by atoms with Crippen LogP contribution in [0.5, 0.6) is 0 Å². The topological polar surface area (TPSA) is 12.9 Å². The molecule has 1 aromatic heterocycles. The number of hydrogen-bond donors (Lipinski definition) is 0. The molecule has 4 heteroatoms. The molecule has 0 bridgehead atoms. The van der Waals surface area contributed by atoms with Crippen molar-refractivity contribution < 1.29 is 4.39 Å². The summed E-state index contributed by atoms with van der Waals surface area (Å²) in [5.74, 6) is -0.410. The number of rotatable bonds is 2. The van der Waals surface area contributed by atoms with Crippen LogP contribution in [0.4, 0.5) is 4.39 Å². The number of hydrogen-bond acceptors (Lipinski definition) is 1. The maximum atomic E-state index is 12.5. The average molecular weight is 330 g/mol. The van der Waals surface area contributed by atoms with Crippen molar-refractivity contribution in [1.29, 1.82) is 0 Å². The molecule has 0 spiro atoms. The van der Waals surface area contributed by atoms with Gasteiger partial charge in [0, 0.05) is 21.2 Å². The Morgan fingerprint density at radius 1 is 1.64 bits per heavy atom. The number of pyridine rings is 1. The van der Waals surface area contributed by atoms with Gasteiger partial charge in [-0.05, 0) is 34.6 Å². The van der Waals surface area contributed by atoms with Crippen LogP contribution in [0, 0.1) is 9.52 Å². The van der Waals surface area contributed by atoms with E-state index < -0.39 is 5.95 Å². The van der Waals surface area contributed by atoms with Gasteiger partial charge in [0.2, 0.25) is 5.95 Å². The third-order valence-corrected chi connectivity index (χ3v) is 2.66. The molecule has 60 valence electrons. The van der Waals surface area contributed by atoms with E-state index in [-0.39, 0.29) is 0 Å². The van der Waals surface area contributed by atoms with Crippen LogP contribution >= 0.6 is 38.5 Å². The molecule has 0 aliphatic carbocycles. The zero-order valence-corrected chi connectivity index (χ0v) is 9.39. The average Bonchev–Trinajstić information content (AvgIpc) is 1.95. The summed E-state index contributed by atoms with van der Waals surface area (Å²) in [5, 5.41) is 0.885. The van der Waals surface area contributed by atoms with Crippen LogP contribution in [-0.2, 0) is 6.42 Å². The first kappa shape index (κ1) is 9.38. The fourth-order valence-corrected chi connectivity index (χ4v) is 1.81. The van der Waals surface area contributed by atoms with Crippen molar-refractivity contribution in [2.75, 3.05) is 5.33 Å². The largest absolute Gasteiger partial charge is 0.228 e. The normalized spacial score (nSPS) is 10.1. The Morgan fingerprint density at radius 2 is 2.36 bits per heavy atom. The third-order valence-electron chi connectivity index (χ3n) is 1.26. The van der Waals surface area contributed by atoms with E-state index >= 15 is 0 Å². The summed E-state index contributed by atoms with van der Waals surface area (Å²) >= 11 is 5.42. The molecule has 0 fully saturated rings. The van der Waals surface area contributed by atoms with Crippen molar-refractivity contribution in [3.8, 4) is 0 Å². The first-order valence-electron chi connectivity index (χ1n) is 3.10. The molecule has 0 saturated heterocycles. The van der Waals surface area contributed by atoms with Gasteiger partial charge < -0.3 is 0 Å². The summed E-state index contributed by atoms with van der Waals surface area (Å²) in [6.45, 7) is 0.